The first-order valence-electron chi connectivity index (χ1n) is 7.23. The fourth-order valence-corrected chi connectivity index (χ4v) is 3.37. The van der Waals surface area contributed by atoms with Crippen LogP contribution in [0.1, 0.15) is 47.8 Å². The number of aryl methyl sites for hydroxylation is 1. The molecule has 4 nitrogen and oxygen atoms in total. The number of aromatic nitrogens is 1. The molecule has 1 aliphatic carbocycles. The van der Waals surface area contributed by atoms with Crippen molar-refractivity contribution >= 4 is 16.8 Å². The van der Waals surface area contributed by atoms with E-state index in [0.29, 0.717) is 17.6 Å². The van der Waals surface area contributed by atoms with E-state index in [9.17, 15) is 4.79 Å². The van der Waals surface area contributed by atoms with Crippen molar-refractivity contribution in [1.82, 2.24) is 4.57 Å². The van der Waals surface area contributed by atoms with Gasteiger partial charge in [0.25, 0.3) is 0 Å². The average molecular weight is 271 g/mol. The summed E-state index contributed by atoms with van der Waals surface area (Å²) in [4.78, 5) is 11.3. The molecule has 1 aliphatic rings. The van der Waals surface area contributed by atoms with E-state index in [2.05, 4.69) is 17.6 Å². The first kappa shape index (κ1) is 13.2. The lowest BCUT2D eigenvalue weighted by molar-refractivity contribution is 0.100. The van der Waals surface area contributed by atoms with E-state index >= 15 is 0 Å². The zero-order valence-corrected chi connectivity index (χ0v) is 11.8. The number of nitrogens with two attached hydrogens (primary N) is 2. The highest BCUT2D eigenvalue weighted by Gasteiger charge is 2.22. The molecule has 1 aromatic carbocycles. The third kappa shape index (κ3) is 2.20. The third-order valence-corrected chi connectivity index (χ3v) is 4.42. The second-order valence-corrected chi connectivity index (χ2v) is 5.86. The van der Waals surface area contributed by atoms with Gasteiger partial charge in [-0.05, 0) is 56.9 Å². The van der Waals surface area contributed by atoms with Gasteiger partial charge in [0, 0.05) is 34.2 Å². The van der Waals surface area contributed by atoms with Crippen LogP contribution in [0.25, 0.3) is 10.9 Å². The molecule has 0 radical (unpaired) electrons. The van der Waals surface area contributed by atoms with Gasteiger partial charge in [-0.1, -0.05) is 0 Å². The van der Waals surface area contributed by atoms with Crippen LogP contribution in [0.2, 0.25) is 0 Å². The fourth-order valence-electron chi connectivity index (χ4n) is 3.37. The van der Waals surface area contributed by atoms with Crippen LogP contribution in [0.5, 0.6) is 0 Å². The van der Waals surface area contributed by atoms with Gasteiger partial charge in [0.15, 0.2) is 0 Å². The largest absolute Gasteiger partial charge is 0.366 e. The standard InChI is InChI=1S/C16H21N3O/c1-10-8-12-9-11(16(18)20)2-7-15(12)19(10)14-5-3-13(17)4-6-14/h2,7-9,13-14H,3-6,17H2,1H3,(H2,18,20). The Labute approximate surface area is 118 Å². The molecular formula is C16H21N3O. The number of hydrogen-bond acceptors (Lipinski definition) is 2. The number of nitrogens with zero attached hydrogens (tertiary/aromatic N) is 1. The quantitative estimate of drug-likeness (QED) is 0.880. The van der Waals surface area contributed by atoms with Crippen molar-refractivity contribution in [1.29, 1.82) is 0 Å². The van der Waals surface area contributed by atoms with Crippen LogP contribution >= 0.6 is 0 Å². The number of primary amides is 1. The van der Waals surface area contributed by atoms with Gasteiger partial charge < -0.3 is 16.0 Å². The molecule has 106 valence electrons. The highest BCUT2D eigenvalue weighted by atomic mass is 16.1. The van der Waals surface area contributed by atoms with Crippen molar-refractivity contribution < 1.29 is 4.79 Å². The lowest BCUT2D eigenvalue weighted by Crippen LogP contribution is -2.28. The Morgan fingerprint density at radius 1 is 1.20 bits per heavy atom. The minimum atomic E-state index is -0.374. The maximum atomic E-state index is 11.3. The number of hydrogen-bond donors (Lipinski definition) is 2. The molecule has 2 aromatic rings. The summed E-state index contributed by atoms with van der Waals surface area (Å²) in [6, 6.07) is 8.72. The summed E-state index contributed by atoms with van der Waals surface area (Å²) in [6.07, 6.45) is 4.43. The number of carbonyl (C=O) groups excluding carboxylic acids is 1. The van der Waals surface area contributed by atoms with Gasteiger partial charge in [-0.25, -0.2) is 0 Å². The lowest BCUT2D eigenvalue weighted by atomic mass is 9.91. The van der Waals surface area contributed by atoms with E-state index in [1.807, 2.05) is 18.2 Å². The van der Waals surface area contributed by atoms with Gasteiger partial charge >= 0.3 is 0 Å². The van der Waals surface area contributed by atoms with Gasteiger partial charge in [0.1, 0.15) is 0 Å². The van der Waals surface area contributed by atoms with E-state index in [4.69, 9.17) is 11.5 Å². The van der Waals surface area contributed by atoms with Crippen molar-refractivity contribution in [3.05, 3.63) is 35.5 Å². The predicted octanol–water partition coefficient (Wildman–Crippen LogP) is 2.49. The molecule has 3 rings (SSSR count). The monoisotopic (exact) mass is 271 g/mol. The maximum Gasteiger partial charge on any atom is 0.248 e. The van der Waals surface area contributed by atoms with Gasteiger partial charge in [0.2, 0.25) is 5.91 Å². The number of benzene rings is 1. The molecule has 4 N–H and O–H groups in total. The van der Waals surface area contributed by atoms with Crippen molar-refractivity contribution in [2.45, 2.75) is 44.7 Å². The Morgan fingerprint density at radius 3 is 2.55 bits per heavy atom. The minimum Gasteiger partial charge on any atom is -0.366 e. The molecule has 0 spiro atoms. The molecule has 1 heterocycles. The summed E-state index contributed by atoms with van der Waals surface area (Å²) in [5.41, 5.74) is 14.3. The molecule has 0 unspecified atom stereocenters. The van der Waals surface area contributed by atoms with Crippen molar-refractivity contribution in [2.75, 3.05) is 0 Å². The SMILES string of the molecule is Cc1cc2cc(C(N)=O)ccc2n1C1CCC(N)CC1. The number of fused-ring (bicyclic) bond motifs is 1. The van der Waals surface area contributed by atoms with Gasteiger partial charge in [-0.15, -0.1) is 0 Å². The highest BCUT2D eigenvalue weighted by molar-refractivity contribution is 5.97. The van der Waals surface area contributed by atoms with Crippen LogP contribution in [-0.4, -0.2) is 16.5 Å². The van der Waals surface area contributed by atoms with Crippen molar-refractivity contribution in [2.24, 2.45) is 11.5 Å². The Kier molecular flexibility index (Phi) is 3.26. The Bertz CT molecular complexity index is 651. The summed E-state index contributed by atoms with van der Waals surface area (Å²) >= 11 is 0. The first-order chi connectivity index (χ1) is 9.56. The van der Waals surface area contributed by atoms with E-state index in [-0.39, 0.29) is 5.91 Å². The summed E-state index contributed by atoms with van der Waals surface area (Å²) in [5.74, 6) is -0.374. The molecule has 1 aromatic heterocycles. The molecule has 1 amide bonds. The summed E-state index contributed by atoms with van der Waals surface area (Å²) < 4.78 is 2.39. The van der Waals surface area contributed by atoms with Crippen LogP contribution < -0.4 is 11.5 Å². The summed E-state index contributed by atoms with van der Waals surface area (Å²) in [6.45, 7) is 2.12. The molecule has 1 saturated carbocycles. The first-order valence-corrected chi connectivity index (χ1v) is 7.23. The Hall–Kier alpha value is -1.81. The molecule has 1 fully saturated rings. The normalized spacial score (nSPS) is 23.1. The van der Waals surface area contributed by atoms with Crippen LogP contribution in [0.15, 0.2) is 24.3 Å². The van der Waals surface area contributed by atoms with Crippen LogP contribution in [-0.2, 0) is 0 Å². The smallest absolute Gasteiger partial charge is 0.248 e. The molecule has 0 aliphatic heterocycles. The average Bonchev–Trinajstić information content (AvgIpc) is 2.74. The van der Waals surface area contributed by atoms with Crippen molar-refractivity contribution in [3.63, 3.8) is 0 Å². The van der Waals surface area contributed by atoms with E-state index < -0.39 is 0 Å². The Morgan fingerprint density at radius 2 is 1.90 bits per heavy atom. The molecule has 0 atom stereocenters. The van der Waals surface area contributed by atoms with Gasteiger partial charge in [0.05, 0.1) is 0 Å². The zero-order chi connectivity index (χ0) is 14.3. The van der Waals surface area contributed by atoms with E-state index in [1.165, 1.54) is 11.2 Å². The Balaban J connectivity index is 2.02. The molecular weight excluding hydrogens is 250 g/mol. The molecule has 0 bridgehead atoms. The van der Waals surface area contributed by atoms with Gasteiger partial charge in [-0.3, -0.25) is 4.79 Å². The highest BCUT2D eigenvalue weighted by Crippen LogP contribution is 2.33. The van der Waals surface area contributed by atoms with Gasteiger partial charge in [-0.2, -0.15) is 0 Å². The van der Waals surface area contributed by atoms with Crippen LogP contribution in [0, 0.1) is 6.92 Å². The fraction of sp³-hybridized carbons (Fsp3) is 0.438. The second-order valence-electron chi connectivity index (χ2n) is 5.86. The predicted molar refractivity (Wildman–Crippen MR) is 80.7 cm³/mol. The molecule has 4 heteroatoms. The van der Waals surface area contributed by atoms with Crippen LogP contribution in [0.3, 0.4) is 0 Å². The number of rotatable bonds is 2. The van der Waals surface area contributed by atoms with E-state index in [0.717, 1.165) is 31.1 Å². The van der Waals surface area contributed by atoms with Crippen LogP contribution in [0.4, 0.5) is 0 Å². The number of amides is 1. The maximum absolute atomic E-state index is 11.3. The number of carbonyl (C=O) groups is 1. The summed E-state index contributed by atoms with van der Waals surface area (Å²) in [5, 5.41) is 1.09. The molecule has 0 saturated heterocycles. The second kappa shape index (κ2) is 4.94. The topological polar surface area (TPSA) is 74.0 Å². The zero-order valence-electron chi connectivity index (χ0n) is 11.8. The van der Waals surface area contributed by atoms with E-state index in [1.54, 1.807) is 0 Å². The van der Waals surface area contributed by atoms with Crippen molar-refractivity contribution in [3.8, 4) is 0 Å². The third-order valence-electron chi connectivity index (χ3n) is 4.42. The molecule has 20 heavy (non-hydrogen) atoms. The summed E-state index contributed by atoms with van der Waals surface area (Å²) in [7, 11) is 0. The minimum absolute atomic E-state index is 0.356. The lowest BCUT2D eigenvalue weighted by Gasteiger charge is -2.29.